The number of aliphatic hydroxyl groups excluding tert-OH is 1. The summed E-state index contributed by atoms with van der Waals surface area (Å²) >= 11 is 0. The van der Waals surface area contributed by atoms with Gasteiger partial charge < -0.3 is 10.4 Å². The van der Waals surface area contributed by atoms with Crippen molar-refractivity contribution in [1.29, 1.82) is 0 Å². The van der Waals surface area contributed by atoms with Crippen LogP contribution in [0.4, 0.5) is 5.69 Å². The van der Waals surface area contributed by atoms with Gasteiger partial charge >= 0.3 is 0 Å². The smallest absolute Gasteiger partial charge is 0.269 e. The second kappa shape index (κ2) is 7.28. The number of carbonyl (C=O) groups excluding carboxylic acids is 1. The second-order valence-electron chi connectivity index (χ2n) is 4.67. The number of non-ortho nitro benzene ring substituents is 1. The van der Waals surface area contributed by atoms with Gasteiger partial charge in [0.2, 0.25) is 5.91 Å². The van der Waals surface area contributed by atoms with Crippen LogP contribution in [-0.2, 0) is 11.2 Å². The van der Waals surface area contributed by atoms with Gasteiger partial charge in [0.05, 0.1) is 17.0 Å². The zero-order valence-corrected chi connectivity index (χ0v) is 11.7. The lowest BCUT2D eigenvalue weighted by Gasteiger charge is -2.11. The van der Waals surface area contributed by atoms with Crippen LogP contribution in [0, 0.1) is 10.1 Å². The highest BCUT2D eigenvalue weighted by molar-refractivity contribution is 5.78. The number of hydrogen-bond donors (Lipinski definition) is 2. The SMILES string of the molecule is O=C(Cc1ccc([N+](=O)[O-])cc1)NC[C@H](O)c1ccccn1. The van der Waals surface area contributed by atoms with E-state index in [-0.39, 0.29) is 24.6 Å². The fourth-order valence-electron chi connectivity index (χ4n) is 1.87. The van der Waals surface area contributed by atoms with Crippen molar-refractivity contribution in [2.45, 2.75) is 12.5 Å². The molecule has 1 aromatic carbocycles. The van der Waals surface area contributed by atoms with E-state index in [0.29, 0.717) is 11.3 Å². The van der Waals surface area contributed by atoms with Gasteiger partial charge in [0.15, 0.2) is 0 Å². The molecule has 0 saturated heterocycles. The zero-order valence-electron chi connectivity index (χ0n) is 11.7. The van der Waals surface area contributed by atoms with Gasteiger partial charge in [-0.05, 0) is 17.7 Å². The Morgan fingerprint density at radius 3 is 2.59 bits per heavy atom. The van der Waals surface area contributed by atoms with Crippen LogP contribution >= 0.6 is 0 Å². The monoisotopic (exact) mass is 301 g/mol. The summed E-state index contributed by atoms with van der Waals surface area (Å²) in [7, 11) is 0. The number of pyridine rings is 1. The quantitative estimate of drug-likeness (QED) is 0.619. The number of rotatable bonds is 6. The molecular formula is C15H15N3O4. The fraction of sp³-hybridized carbons (Fsp3) is 0.200. The highest BCUT2D eigenvalue weighted by atomic mass is 16.6. The number of carbonyl (C=O) groups is 1. The van der Waals surface area contributed by atoms with Crippen molar-refractivity contribution >= 4 is 11.6 Å². The minimum absolute atomic E-state index is 0.0188. The van der Waals surface area contributed by atoms with Crippen LogP contribution in [0.1, 0.15) is 17.4 Å². The number of hydrogen-bond acceptors (Lipinski definition) is 5. The van der Waals surface area contributed by atoms with Gasteiger partial charge in [-0.2, -0.15) is 0 Å². The molecule has 0 radical (unpaired) electrons. The predicted molar refractivity (Wildman–Crippen MR) is 79.0 cm³/mol. The summed E-state index contributed by atoms with van der Waals surface area (Å²) in [6, 6.07) is 10.9. The molecule has 0 bridgehead atoms. The highest BCUT2D eigenvalue weighted by Gasteiger charge is 2.11. The third kappa shape index (κ3) is 4.35. The minimum Gasteiger partial charge on any atom is -0.385 e. The van der Waals surface area contributed by atoms with Crippen molar-refractivity contribution in [1.82, 2.24) is 10.3 Å². The van der Waals surface area contributed by atoms with Gasteiger partial charge in [-0.15, -0.1) is 0 Å². The Labute approximate surface area is 126 Å². The second-order valence-corrected chi connectivity index (χ2v) is 4.67. The summed E-state index contributed by atoms with van der Waals surface area (Å²) in [6.45, 7) is 0.0584. The molecule has 22 heavy (non-hydrogen) atoms. The molecule has 2 aromatic rings. The number of nitro benzene ring substituents is 1. The topological polar surface area (TPSA) is 105 Å². The fourth-order valence-corrected chi connectivity index (χ4v) is 1.87. The molecule has 0 spiro atoms. The van der Waals surface area contributed by atoms with Crippen LogP contribution in [0.15, 0.2) is 48.7 Å². The number of nitrogens with zero attached hydrogens (tertiary/aromatic N) is 2. The lowest BCUT2D eigenvalue weighted by molar-refractivity contribution is -0.384. The molecule has 7 nitrogen and oxygen atoms in total. The van der Waals surface area contributed by atoms with E-state index in [1.807, 2.05) is 0 Å². The average molecular weight is 301 g/mol. The first-order valence-corrected chi connectivity index (χ1v) is 6.65. The number of amides is 1. The number of aromatic nitrogens is 1. The van der Waals surface area contributed by atoms with Gasteiger partial charge in [-0.3, -0.25) is 19.9 Å². The van der Waals surface area contributed by atoms with Crippen LogP contribution in [-0.4, -0.2) is 27.5 Å². The third-order valence-corrected chi connectivity index (χ3v) is 3.03. The molecule has 2 N–H and O–H groups in total. The van der Waals surface area contributed by atoms with Crippen molar-refractivity contribution in [2.75, 3.05) is 6.54 Å². The molecule has 7 heteroatoms. The molecule has 1 amide bonds. The molecule has 1 aromatic heterocycles. The maximum atomic E-state index is 11.8. The van der Waals surface area contributed by atoms with Gasteiger partial charge in [-0.25, -0.2) is 0 Å². The average Bonchev–Trinajstić information content (AvgIpc) is 2.54. The van der Waals surface area contributed by atoms with Crippen LogP contribution < -0.4 is 5.32 Å². The first-order valence-electron chi connectivity index (χ1n) is 6.65. The molecule has 1 heterocycles. The Bertz CT molecular complexity index is 644. The maximum absolute atomic E-state index is 11.8. The molecule has 0 saturated carbocycles. The van der Waals surface area contributed by atoms with E-state index in [1.165, 1.54) is 24.3 Å². The minimum atomic E-state index is -0.873. The molecule has 0 unspecified atom stereocenters. The van der Waals surface area contributed by atoms with E-state index in [4.69, 9.17) is 0 Å². The Hall–Kier alpha value is -2.80. The van der Waals surface area contributed by atoms with Crippen molar-refractivity contribution in [3.63, 3.8) is 0 Å². The summed E-state index contributed by atoms with van der Waals surface area (Å²) < 4.78 is 0. The number of nitrogens with one attached hydrogen (secondary N) is 1. The van der Waals surface area contributed by atoms with Crippen molar-refractivity contribution in [3.8, 4) is 0 Å². The Balaban J connectivity index is 1.84. The molecular weight excluding hydrogens is 286 g/mol. The largest absolute Gasteiger partial charge is 0.385 e. The van der Waals surface area contributed by atoms with Crippen LogP contribution in [0.5, 0.6) is 0 Å². The molecule has 0 fully saturated rings. The molecule has 0 aliphatic rings. The third-order valence-electron chi connectivity index (χ3n) is 3.03. The Morgan fingerprint density at radius 1 is 1.27 bits per heavy atom. The van der Waals surface area contributed by atoms with E-state index in [2.05, 4.69) is 10.3 Å². The van der Waals surface area contributed by atoms with Crippen LogP contribution in [0.2, 0.25) is 0 Å². The zero-order chi connectivity index (χ0) is 15.9. The summed E-state index contributed by atoms with van der Waals surface area (Å²) in [5.41, 5.74) is 1.13. The standard InChI is InChI=1S/C15H15N3O4/c19-14(13-3-1-2-8-16-13)10-17-15(20)9-11-4-6-12(7-5-11)18(21)22/h1-8,14,19H,9-10H2,(H,17,20)/t14-/m0/s1. The Kier molecular flexibility index (Phi) is 5.16. The number of aliphatic hydroxyl groups is 1. The van der Waals surface area contributed by atoms with E-state index in [0.717, 1.165) is 0 Å². The van der Waals surface area contributed by atoms with Crippen LogP contribution in [0.3, 0.4) is 0 Å². The molecule has 0 aliphatic heterocycles. The van der Waals surface area contributed by atoms with Gasteiger partial charge in [0, 0.05) is 24.9 Å². The first kappa shape index (κ1) is 15.6. The van der Waals surface area contributed by atoms with E-state index >= 15 is 0 Å². The lowest BCUT2D eigenvalue weighted by Crippen LogP contribution is -2.29. The maximum Gasteiger partial charge on any atom is 0.269 e. The lowest BCUT2D eigenvalue weighted by atomic mass is 10.1. The summed E-state index contributed by atoms with van der Waals surface area (Å²) in [5.74, 6) is -0.274. The van der Waals surface area contributed by atoms with Crippen LogP contribution in [0.25, 0.3) is 0 Å². The predicted octanol–water partition coefficient (Wildman–Crippen LogP) is 1.38. The summed E-state index contributed by atoms with van der Waals surface area (Å²) in [6.07, 6.45) is 0.784. The van der Waals surface area contributed by atoms with E-state index in [9.17, 15) is 20.0 Å². The Morgan fingerprint density at radius 2 is 2.00 bits per heavy atom. The first-order chi connectivity index (χ1) is 10.6. The van der Waals surface area contributed by atoms with Gasteiger partial charge in [0.25, 0.3) is 5.69 Å². The van der Waals surface area contributed by atoms with Crippen molar-refractivity contribution in [3.05, 3.63) is 70.0 Å². The van der Waals surface area contributed by atoms with Gasteiger partial charge in [-0.1, -0.05) is 18.2 Å². The normalized spacial score (nSPS) is 11.7. The highest BCUT2D eigenvalue weighted by Crippen LogP contribution is 2.12. The molecule has 2 rings (SSSR count). The molecule has 0 aliphatic carbocycles. The van der Waals surface area contributed by atoms with E-state index in [1.54, 1.807) is 24.4 Å². The van der Waals surface area contributed by atoms with E-state index < -0.39 is 11.0 Å². The van der Waals surface area contributed by atoms with Gasteiger partial charge in [0.1, 0.15) is 6.10 Å². The number of nitro groups is 1. The molecule has 114 valence electrons. The van der Waals surface area contributed by atoms with Crippen molar-refractivity contribution in [2.24, 2.45) is 0 Å². The summed E-state index contributed by atoms with van der Waals surface area (Å²) in [4.78, 5) is 25.8. The molecule has 1 atom stereocenters. The van der Waals surface area contributed by atoms with Crippen molar-refractivity contribution < 1.29 is 14.8 Å². The number of benzene rings is 1. The summed E-state index contributed by atoms with van der Waals surface area (Å²) in [5, 5.41) is 23.0.